The van der Waals surface area contributed by atoms with Gasteiger partial charge in [-0.25, -0.2) is 17.6 Å². The lowest BCUT2D eigenvalue weighted by molar-refractivity contribution is 0.447. The summed E-state index contributed by atoms with van der Waals surface area (Å²) >= 11 is 0. The van der Waals surface area contributed by atoms with Gasteiger partial charge >= 0.3 is 0 Å². The maximum Gasteiger partial charge on any atom is 0.194 e. The van der Waals surface area contributed by atoms with Crippen LogP contribution in [-0.2, 0) is 6.54 Å². The van der Waals surface area contributed by atoms with E-state index < -0.39 is 23.3 Å². The van der Waals surface area contributed by atoms with Gasteiger partial charge in [0.25, 0.3) is 0 Å². The molecule has 0 heterocycles. The zero-order valence-electron chi connectivity index (χ0n) is 10.8. The minimum Gasteiger partial charge on any atom is -0.313 e. The average molecular weight is 283 g/mol. The summed E-state index contributed by atoms with van der Waals surface area (Å²) in [6.45, 7) is 3.02. The van der Waals surface area contributed by atoms with Crippen LogP contribution in [0.4, 0.5) is 17.6 Å². The molecule has 0 radical (unpaired) electrons. The molecule has 0 aliphatic carbocycles. The molecule has 0 aliphatic heterocycles. The van der Waals surface area contributed by atoms with E-state index in [2.05, 4.69) is 5.32 Å². The van der Waals surface area contributed by atoms with Crippen molar-refractivity contribution in [2.45, 2.75) is 13.5 Å². The lowest BCUT2D eigenvalue weighted by atomic mass is 9.99. The van der Waals surface area contributed by atoms with Crippen molar-refractivity contribution in [2.24, 2.45) is 0 Å². The Balaban J connectivity index is 2.53. The Kier molecular flexibility index (Phi) is 4.39. The molecule has 0 saturated heterocycles. The van der Waals surface area contributed by atoms with Gasteiger partial charge < -0.3 is 5.32 Å². The summed E-state index contributed by atoms with van der Waals surface area (Å²) in [5.74, 6) is -4.64. The monoisotopic (exact) mass is 283 g/mol. The molecule has 0 unspecified atom stereocenters. The Morgan fingerprint density at radius 1 is 0.950 bits per heavy atom. The Bertz CT molecular complexity index is 602. The molecule has 0 aromatic heterocycles. The third-order valence-corrected chi connectivity index (χ3v) is 2.93. The first-order valence-electron chi connectivity index (χ1n) is 6.17. The zero-order valence-corrected chi connectivity index (χ0v) is 10.8. The van der Waals surface area contributed by atoms with Crippen LogP contribution in [-0.4, -0.2) is 6.54 Å². The van der Waals surface area contributed by atoms with E-state index in [1.54, 1.807) is 0 Å². The molecule has 0 saturated carbocycles. The fourth-order valence-corrected chi connectivity index (χ4v) is 1.94. The van der Waals surface area contributed by atoms with Crippen molar-refractivity contribution in [3.63, 3.8) is 0 Å². The molecule has 0 spiro atoms. The van der Waals surface area contributed by atoms with Gasteiger partial charge in [0.15, 0.2) is 17.5 Å². The van der Waals surface area contributed by atoms with Crippen LogP contribution in [0.2, 0.25) is 0 Å². The summed E-state index contributed by atoms with van der Waals surface area (Å²) in [5, 5.41) is 3.05. The first kappa shape index (κ1) is 14.5. The fraction of sp³-hybridized carbons (Fsp3) is 0.200. The highest BCUT2D eigenvalue weighted by Gasteiger charge is 2.14. The van der Waals surface area contributed by atoms with Crippen LogP contribution < -0.4 is 5.32 Å². The standard InChI is InChI=1S/C15H13F4N/c1-2-20-8-9-3-4-11(16)7-12(9)10-5-13(17)15(19)14(18)6-10/h3-7,20H,2,8H2,1H3. The van der Waals surface area contributed by atoms with Crippen molar-refractivity contribution < 1.29 is 17.6 Å². The second-order valence-electron chi connectivity index (χ2n) is 4.34. The van der Waals surface area contributed by atoms with E-state index in [1.165, 1.54) is 18.2 Å². The number of rotatable bonds is 4. The summed E-state index contributed by atoms with van der Waals surface area (Å²) in [7, 11) is 0. The average Bonchev–Trinajstić information content (AvgIpc) is 2.43. The van der Waals surface area contributed by atoms with Gasteiger partial charge in [-0.15, -0.1) is 0 Å². The van der Waals surface area contributed by atoms with Gasteiger partial charge in [0.2, 0.25) is 0 Å². The van der Waals surface area contributed by atoms with Gasteiger partial charge in [0.1, 0.15) is 5.82 Å². The van der Waals surface area contributed by atoms with Crippen LogP contribution in [0, 0.1) is 23.3 Å². The molecule has 20 heavy (non-hydrogen) atoms. The maximum absolute atomic E-state index is 13.4. The first-order chi connectivity index (χ1) is 9.52. The van der Waals surface area contributed by atoms with Crippen LogP contribution in [0.25, 0.3) is 11.1 Å². The molecule has 0 aliphatic rings. The van der Waals surface area contributed by atoms with Crippen molar-refractivity contribution in [2.75, 3.05) is 6.54 Å². The van der Waals surface area contributed by atoms with E-state index >= 15 is 0 Å². The van der Waals surface area contributed by atoms with Crippen LogP contribution in [0.3, 0.4) is 0 Å². The highest BCUT2D eigenvalue weighted by molar-refractivity contribution is 5.67. The van der Waals surface area contributed by atoms with Crippen LogP contribution in [0.15, 0.2) is 30.3 Å². The van der Waals surface area contributed by atoms with Gasteiger partial charge in [0, 0.05) is 6.54 Å². The number of benzene rings is 2. The molecular formula is C15H13F4N. The van der Waals surface area contributed by atoms with E-state index in [1.807, 2.05) is 6.92 Å². The topological polar surface area (TPSA) is 12.0 Å². The maximum atomic E-state index is 13.4. The smallest absolute Gasteiger partial charge is 0.194 e. The van der Waals surface area contributed by atoms with Crippen molar-refractivity contribution in [3.05, 3.63) is 59.2 Å². The molecule has 106 valence electrons. The Hall–Kier alpha value is -1.88. The summed E-state index contributed by atoms with van der Waals surface area (Å²) in [6, 6.07) is 5.71. The van der Waals surface area contributed by atoms with Gasteiger partial charge in [-0.05, 0) is 47.5 Å². The normalized spacial score (nSPS) is 10.8. The van der Waals surface area contributed by atoms with Crippen molar-refractivity contribution in [1.82, 2.24) is 5.32 Å². The molecule has 5 heteroatoms. The van der Waals surface area contributed by atoms with E-state index in [-0.39, 0.29) is 5.56 Å². The van der Waals surface area contributed by atoms with E-state index in [0.29, 0.717) is 24.2 Å². The van der Waals surface area contributed by atoms with Crippen molar-refractivity contribution in [1.29, 1.82) is 0 Å². The molecule has 0 atom stereocenters. The van der Waals surface area contributed by atoms with Crippen molar-refractivity contribution in [3.8, 4) is 11.1 Å². The molecule has 1 N–H and O–H groups in total. The Morgan fingerprint density at radius 3 is 2.20 bits per heavy atom. The van der Waals surface area contributed by atoms with E-state index in [9.17, 15) is 17.6 Å². The molecule has 0 fully saturated rings. The largest absolute Gasteiger partial charge is 0.313 e. The summed E-state index contributed by atoms with van der Waals surface area (Å²) in [6.07, 6.45) is 0. The second-order valence-corrected chi connectivity index (χ2v) is 4.34. The van der Waals surface area contributed by atoms with Gasteiger partial charge in [-0.2, -0.15) is 0 Å². The van der Waals surface area contributed by atoms with Gasteiger partial charge in [0.05, 0.1) is 0 Å². The van der Waals surface area contributed by atoms with Crippen LogP contribution in [0.1, 0.15) is 12.5 Å². The molecule has 2 rings (SSSR count). The van der Waals surface area contributed by atoms with E-state index in [0.717, 1.165) is 12.1 Å². The summed E-state index contributed by atoms with van der Waals surface area (Å²) in [5.41, 5.74) is 1.12. The number of hydrogen-bond acceptors (Lipinski definition) is 1. The molecular weight excluding hydrogens is 270 g/mol. The lowest BCUT2D eigenvalue weighted by Gasteiger charge is -2.11. The predicted octanol–water partition coefficient (Wildman–Crippen LogP) is 4.02. The predicted molar refractivity (Wildman–Crippen MR) is 69.1 cm³/mol. The molecule has 2 aromatic carbocycles. The second kappa shape index (κ2) is 6.05. The van der Waals surface area contributed by atoms with Gasteiger partial charge in [-0.1, -0.05) is 13.0 Å². The molecule has 1 nitrogen and oxygen atoms in total. The van der Waals surface area contributed by atoms with Gasteiger partial charge in [-0.3, -0.25) is 0 Å². The highest BCUT2D eigenvalue weighted by atomic mass is 19.2. The fourth-order valence-electron chi connectivity index (χ4n) is 1.94. The number of hydrogen-bond donors (Lipinski definition) is 1. The first-order valence-corrected chi connectivity index (χ1v) is 6.17. The highest BCUT2D eigenvalue weighted by Crippen LogP contribution is 2.27. The SMILES string of the molecule is CCNCc1ccc(F)cc1-c1cc(F)c(F)c(F)c1. The zero-order chi connectivity index (χ0) is 14.7. The molecule has 2 aromatic rings. The number of nitrogens with one attached hydrogen (secondary N) is 1. The number of halogens is 4. The van der Waals surface area contributed by atoms with Crippen LogP contribution >= 0.6 is 0 Å². The minimum absolute atomic E-state index is 0.105. The lowest BCUT2D eigenvalue weighted by Crippen LogP contribution is -2.12. The third kappa shape index (κ3) is 2.99. The third-order valence-electron chi connectivity index (χ3n) is 2.93. The van der Waals surface area contributed by atoms with Crippen LogP contribution in [0.5, 0.6) is 0 Å². The Morgan fingerprint density at radius 2 is 1.60 bits per heavy atom. The Labute approximate surface area is 114 Å². The summed E-state index contributed by atoms with van der Waals surface area (Å²) in [4.78, 5) is 0. The van der Waals surface area contributed by atoms with Crippen molar-refractivity contribution >= 4 is 0 Å². The quantitative estimate of drug-likeness (QED) is 0.660. The van der Waals surface area contributed by atoms with E-state index in [4.69, 9.17) is 0 Å². The minimum atomic E-state index is -1.53. The molecule has 0 bridgehead atoms. The summed E-state index contributed by atoms with van der Waals surface area (Å²) < 4.78 is 52.9. The molecule has 0 amide bonds.